The van der Waals surface area contributed by atoms with Crippen LogP contribution in [0.15, 0.2) is 52.2 Å². The lowest BCUT2D eigenvalue weighted by molar-refractivity contribution is -0.155. The predicted molar refractivity (Wildman–Crippen MR) is 119 cm³/mol. The van der Waals surface area contributed by atoms with Crippen LogP contribution in [0.5, 0.6) is 0 Å². The van der Waals surface area contributed by atoms with Gasteiger partial charge >= 0.3 is 5.97 Å². The van der Waals surface area contributed by atoms with Crippen molar-refractivity contribution in [2.75, 3.05) is 14.1 Å². The van der Waals surface area contributed by atoms with Crippen molar-refractivity contribution in [1.82, 2.24) is 9.80 Å². The Balaban J connectivity index is 2.18. The SMILES string of the molecule is CC1=C(C(=O)OC(C)(C)C)N2C(=O)/C(=C/c3ccc(Cl)cc3)C2S(=O)(=O)/C1=C/N(C)C. The lowest BCUT2D eigenvalue weighted by atomic mass is 9.99. The van der Waals surface area contributed by atoms with Crippen LogP contribution in [-0.4, -0.2) is 55.2 Å². The Bertz CT molecular complexity index is 1140. The second-order valence-electron chi connectivity index (χ2n) is 8.66. The van der Waals surface area contributed by atoms with E-state index in [9.17, 15) is 18.0 Å². The van der Waals surface area contributed by atoms with Gasteiger partial charge in [-0.3, -0.25) is 9.69 Å². The fourth-order valence-electron chi connectivity index (χ4n) is 3.43. The molecule has 1 aromatic rings. The Hall–Kier alpha value is -2.58. The van der Waals surface area contributed by atoms with E-state index in [2.05, 4.69) is 0 Å². The monoisotopic (exact) mass is 464 g/mol. The van der Waals surface area contributed by atoms with Gasteiger partial charge in [0, 0.05) is 30.9 Å². The Morgan fingerprint density at radius 3 is 2.29 bits per heavy atom. The number of hydrogen-bond donors (Lipinski definition) is 0. The zero-order valence-electron chi connectivity index (χ0n) is 18.3. The van der Waals surface area contributed by atoms with Crippen molar-refractivity contribution in [1.29, 1.82) is 0 Å². The van der Waals surface area contributed by atoms with Crippen molar-refractivity contribution >= 4 is 39.4 Å². The highest BCUT2D eigenvalue weighted by molar-refractivity contribution is 7.96. The van der Waals surface area contributed by atoms with Crippen LogP contribution >= 0.6 is 11.6 Å². The van der Waals surface area contributed by atoms with E-state index in [0.29, 0.717) is 10.6 Å². The van der Waals surface area contributed by atoms with Gasteiger partial charge < -0.3 is 9.64 Å². The molecular formula is C22H25ClN2O5S. The summed E-state index contributed by atoms with van der Waals surface area (Å²) < 4.78 is 32.4. The first-order valence-electron chi connectivity index (χ1n) is 9.61. The molecule has 0 aliphatic carbocycles. The number of nitrogens with zero attached hydrogens (tertiary/aromatic N) is 2. The number of β-lactam (4-membered cyclic amide) rings is 1. The maximum Gasteiger partial charge on any atom is 0.355 e. The summed E-state index contributed by atoms with van der Waals surface area (Å²) in [5.74, 6) is -1.29. The molecule has 0 N–H and O–H groups in total. The van der Waals surface area contributed by atoms with Gasteiger partial charge in [0.05, 0.1) is 10.5 Å². The first-order chi connectivity index (χ1) is 14.2. The largest absolute Gasteiger partial charge is 0.455 e. The van der Waals surface area contributed by atoms with Crippen LogP contribution in [0.4, 0.5) is 0 Å². The molecular weight excluding hydrogens is 440 g/mol. The smallest absolute Gasteiger partial charge is 0.355 e. The number of allylic oxidation sites excluding steroid dienone is 1. The zero-order chi connectivity index (χ0) is 23.3. The molecule has 1 aromatic carbocycles. The van der Waals surface area contributed by atoms with Crippen LogP contribution in [-0.2, 0) is 24.2 Å². The van der Waals surface area contributed by atoms with Crippen LogP contribution in [0, 0.1) is 0 Å². The number of carbonyl (C=O) groups is 2. The number of benzene rings is 1. The number of rotatable bonds is 3. The third kappa shape index (κ3) is 4.27. The van der Waals surface area contributed by atoms with Gasteiger partial charge in [0.15, 0.2) is 5.37 Å². The number of ether oxygens (including phenoxy) is 1. The highest BCUT2D eigenvalue weighted by Gasteiger charge is 2.58. The highest BCUT2D eigenvalue weighted by atomic mass is 35.5. The van der Waals surface area contributed by atoms with Gasteiger partial charge in [-0.05, 0) is 51.5 Å². The van der Waals surface area contributed by atoms with Crippen molar-refractivity contribution in [2.24, 2.45) is 0 Å². The average Bonchev–Trinajstić information content (AvgIpc) is 2.63. The van der Waals surface area contributed by atoms with Crippen molar-refractivity contribution in [3.63, 3.8) is 0 Å². The molecule has 2 aliphatic rings. The first kappa shape index (κ1) is 23.1. The van der Waals surface area contributed by atoms with Crippen LogP contribution in [0.3, 0.4) is 0 Å². The van der Waals surface area contributed by atoms with E-state index in [1.807, 2.05) is 0 Å². The van der Waals surface area contributed by atoms with E-state index < -0.39 is 32.7 Å². The van der Waals surface area contributed by atoms with E-state index in [4.69, 9.17) is 16.3 Å². The molecule has 3 rings (SSSR count). The fraction of sp³-hybridized carbons (Fsp3) is 0.364. The molecule has 1 unspecified atom stereocenters. The van der Waals surface area contributed by atoms with Gasteiger partial charge in [0.25, 0.3) is 5.91 Å². The molecule has 0 aromatic heterocycles. The van der Waals surface area contributed by atoms with Crippen molar-refractivity contribution in [3.8, 4) is 0 Å². The quantitative estimate of drug-likeness (QED) is 0.387. The molecule has 2 heterocycles. The van der Waals surface area contributed by atoms with Crippen molar-refractivity contribution < 1.29 is 22.7 Å². The molecule has 0 radical (unpaired) electrons. The van der Waals surface area contributed by atoms with Crippen LogP contribution in [0.25, 0.3) is 6.08 Å². The summed E-state index contributed by atoms with van der Waals surface area (Å²) in [5.41, 5.74) is 0.0305. The molecule has 0 saturated carbocycles. The summed E-state index contributed by atoms with van der Waals surface area (Å²) in [7, 11) is -0.592. The minimum atomic E-state index is -3.96. The standard InChI is InChI=1S/C22H25ClN2O5S/c1-13-17(12-24(5)6)31(28,29)20-16(11-14-7-9-15(23)10-8-14)19(26)25(20)18(13)21(27)30-22(2,3)4/h7-12,20H,1-6H3/b16-11-,17-12+. The fourth-order valence-corrected chi connectivity index (χ4v) is 5.66. The van der Waals surface area contributed by atoms with Gasteiger partial charge in [-0.15, -0.1) is 0 Å². The average molecular weight is 465 g/mol. The molecule has 31 heavy (non-hydrogen) atoms. The normalized spacial score (nSPS) is 23.0. The number of carbonyl (C=O) groups excluding carboxylic acids is 2. The number of halogens is 1. The lowest BCUT2D eigenvalue weighted by Gasteiger charge is -2.46. The second kappa shape index (κ2) is 7.84. The zero-order valence-corrected chi connectivity index (χ0v) is 19.8. The third-order valence-corrected chi connectivity index (χ3v) is 7.02. The molecule has 1 amide bonds. The van der Waals surface area contributed by atoms with E-state index in [-0.39, 0.29) is 21.7 Å². The number of hydrogen-bond acceptors (Lipinski definition) is 6. The van der Waals surface area contributed by atoms with E-state index in [0.717, 1.165) is 4.90 Å². The molecule has 0 spiro atoms. The van der Waals surface area contributed by atoms with Crippen molar-refractivity contribution in [2.45, 2.75) is 38.7 Å². The van der Waals surface area contributed by atoms with Crippen LogP contribution < -0.4 is 0 Å². The summed E-state index contributed by atoms with van der Waals surface area (Å²) in [6.07, 6.45) is 2.95. The molecule has 166 valence electrons. The molecule has 7 nitrogen and oxygen atoms in total. The minimum absolute atomic E-state index is 0.0193. The maximum absolute atomic E-state index is 13.4. The van der Waals surface area contributed by atoms with E-state index in [1.165, 1.54) is 19.2 Å². The van der Waals surface area contributed by atoms with Gasteiger partial charge in [-0.2, -0.15) is 0 Å². The summed E-state index contributed by atoms with van der Waals surface area (Å²) >= 11 is 5.91. The summed E-state index contributed by atoms with van der Waals surface area (Å²) in [4.78, 5) is 28.6. The molecule has 1 atom stereocenters. The molecule has 1 fully saturated rings. The van der Waals surface area contributed by atoms with Crippen LogP contribution in [0.2, 0.25) is 5.02 Å². The number of amides is 1. The lowest BCUT2D eigenvalue weighted by Crippen LogP contribution is -2.62. The third-order valence-electron chi connectivity index (χ3n) is 4.69. The van der Waals surface area contributed by atoms with E-state index in [1.54, 1.807) is 64.0 Å². The molecule has 0 bridgehead atoms. The van der Waals surface area contributed by atoms with Gasteiger partial charge in [-0.1, -0.05) is 23.7 Å². The highest BCUT2D eigenvalue weighted by Crippen LogP contribution is 2.45. The Labute approximate surface area is 187 Å². The van der Waals surface area contributed by atoms with Gasteiger partial charge in [-0.25, -0.2) is 13.2 Å². The number of fused-ring (bicyclic) bond motifs is 1. The number of sulfone groups is 1. The Kier molecular flexibility index (Phi) is 5.84. The summed E-state index contributed by atoms with van der Waals surface area (Å²) in [6, 6.07) is 6.68. The van der Waals surface area contributed by atoms with Gasteiger partial charge in [0.2, 0.25) is 9.84 Å². The Morgan fingerprint density at radius 2 is 1.77 bits per heavy atom. The summed E-state index contributed by atoms with van der Waals surface area (Å²) in [5, 5.41) is -0.774. The first-order valence-corrected chi connectivity index (χ1v) is 11.5. The summed E-state index contributed by atoms with van der Waals surface area (Å²) in [6.45, 7) is 6.63. The van der Waals surface area contributed by atoms with Gasteiger partial charge in [0.1, 0.15) is 11.3 Å². The molecule has 9 heteroatoms. The topological polar surface area (TPSA) is 84.0 Å². The molecule has 2 aliphatic heterocycles. The van der Waals surface area contributed by atoms with Crippen molar-refractivity contribution in [3.05, 3.63) is 62.8 Å². The Morgan fingerprint density at radius 1 is 1.19 bits per heavy atom. The van der Waals surface area contributed by atoms with Crippen LogP contribution in [0.1, 0.15) is 33.3 Å². The maximum atomic E-state index is 13.4. The minimum Gasteiger partial charge on any atom is -0.455 e. The predicted octanol–water partition coefficient (Wildman–Crippen LogP) is 3.34. The molecule has 1 saturated heterocycles. The van der Waals surface area contributed by atoms with E-state index >= 15 is 0 Å². The number of esters is 1. The second-order valence-corrected chi connectivity index (χ2v) is 11.1.